The molecular weight excluding hydrogens is 240 g/mol. The van der Waals surface area contributed by atoms with E-state index in [4.69, 9.17) is 5.73 Å². The predicted molar refractivity (Wildman–Crippen MR) is 76.8 cm³/mol. The van der Waals surface area contributed by atoms with Crippen molar-refractivity contribution in [3.8, 4) is 0 Å². The number of hydrogen-bond acceptors (Lipinski definition) is 3. The van der Waals surface area contributed by atoms with Crippen molar-refractivity contribution in [1.29, 1.82) is 0 Å². The van der Waals surface area contributed by atoms with Gasteiger partial charge in [-0.1, -0.05) is 13.0 Å². The monoisotopic (exact) mass is 260 g/mol. The molecule has 5 nitrogen and oxygen atoms in total. The second-order valence-corrected chi connectivity index (χ2v) is 4.71. The number of hydrogen-bond donors (Lipinski definition) is 2. The van der Waals surface area contributed by atoms with Gasteiger partial charge >= 0.3 is 0 Å². The standard InChI is InChI=1S/C14H20N4O/c1-3-7-16-13(19)6-8-18-12-9-10(2)4-5-11(12)17-14(18)15/h4-5,9H,3,6-8H2,1-2H3,(H2,15,17)(H,16,19). The number of rotatable bonds is 5. The van der Waals surface area contributed by atoms with E-state index >= 15 is 0 Å². The number of nitrogens with zero attached hydrogens (tertiary/aromatic N) is 2. The van der Waals surface area contributed by atoms with Crippen molar-refractivity contribution in [2.24, 2.45) is 0 Å². The van der Waals surface area contributed by atoms with E-state index in [1.807, 2.05) is 36.6 Å². The summed E-state index contributed by atoms with van der Waals surface area (Å²) in [5, 5.41) is 2.86. The van der Waals surface area contributed by atoms with Crippen molar-refractivity contribution in [1.82, 2.24) is 14.9 Å². The number of carbonyl (C=O) groups excluding carboxylic acids is 1. The lowest BCUT2D eigenvalue weighted by Crippen LogP contribution is -2.25. The van der Waals surface area contributed by atoms with Crippen molar-refractivity contribution in [3.63, 3.8) is 0 Å². The highest BCUT2D eigenvalue weighted by Crippen LogP contribution is 2.19. The van der Waals surface area contributed by atoms with Gasteiger partial charge in [0, 0.05) is 19.5 Å². The Hall–Kier alpha value is -2.04. The number of anilines is 1. The predicted octanol–water partition coefficient (Wildman–Crippen LogP) is 1.84. The lowest BCUT2D eigenvalue weighted by Gasteiger charge is -2.07. The van der Waals surface area contributed by atoms with Crippen LogP contribution in [-0.2, 0) is 11.3 Å². The Morgan fingerprint density at radius 1 is 1.47 bits per heavy atom. The molecule has 102 valence electrons. The Labute approximate surface area is 112 Å². The molecule has 2 rings (SSSR count). The van der Waals surface area contributed by atoms with Crippen LogP contribution in [0.2, 0.25) is 0 Å². The third-order valence-corrected chi connectivity index (χ3v) is 3.07. The Morgan fingerprint density at radius 2 is 2.26 bits per heavy atom. The van der Waals surface area contributed by atoms with E-state index in [9.17, 15) is 4.79 Å². The van der Waals surface area contributed by atoms with Crippen LogP contribution in [0.5, 0.6) is 0 Å². The van der Waals surface area contributed by atoms with Crippen LogP contribution in [0.15, 0.2) is 18.2 Å². The van der Waals surface area contributed by atoms with Gasteiger partial charge in [-0.2, -0.15) is 0 Å². The number of aryl methyl sites for hydroxylation is 2. The maximum Gasteiger partial charge on any atom is 0.221 e. The minimum absolute atomic E-state index is 0.0516. The lowest BCUT2D eigenvalue weighted by molar-refractivity contribution is -0.121. The van der Waals surface area contributed by atoms with Gasteiger partial charge in [0.2, 0.25) is 11.9 Å². The molecule has 0 fully saturated rings. The quantitative estimate of drug-likeness (QED) is 0.861. The SMILES string of the molecule is CCCNC(=O)CCn1c(N)nc2ccc(C)cc21. The Morgan fingerprint density at radius 3 is 3.00 bits per heavy atom. The van der Waals surface area contributed by atoms with E-state index in [1.54, 1.807) is 0 Å². The fourth-order valence-corrected chi connectivity index (χ4v) is 2.05. The first-order chi connectivity index (χ1) is 9.11. The number of benzene rings is 1. The van der Waals surface area contributed by atoms with Gasteiger partial charge in [0.25, 0.3) is 0 Å². The Kier molecular flexibility index (Phi) is 4.04. The third-order valence-electron chi connectivity index (χ3n) is 3.07. The van der Waals surface area contributed by atoms with Crippen LogP contribution < -0.4 is 11.1 Å². The third kappa shape index (κ3) is 3.05. The van der Waals surface area contributed by atoms with Crippen molar-refractivity contribution in [2.75, 3.05) is 12.3 Å². The van der Waals surface area contributed by atoms with Crippen molar-refractivity contribution in [2.45, 2.75) is 33.2 Å². The van der Waals surface area contributed by atoms with Gasteiger partial charge in [-0.25, -0.2) is 4.98 Å². The Bertz CT molecular complexity index is 588. The van der Waals surface area contributed by atoms with Gasteiger partial charge in [0.05, 0.1) is 11.0 Å². The van der Waals surface area contributed by atoms with E-state index < -0.39 is 0 Å². The van der Waals surface area contributed by atoms with Crippen LogP contribution in [0.3, 0.4) is 0 Å². The molecule has 1 aromatic heterocycles. The summed E-state index contributed by atoms with van der Waals surface area (Å²) in [6, 6.07) is 6.00. The highest BCUT2D eigenvalue weighted by molar-refractivity contribution is 5.80. The fraction of sp³-hybridized carbons (Fsp3) is 0.429. The fourth-order valence-electron chi connectivity index (χ4n) is 2.05. The van der Waals surface area contributed by atoms with Gasteiger partial charge in [-0.15, -0.1) is 0 Å². The molecule has 0 radical (unpaired) electrons. The number of amides is 1. The maximum atomic E-state index is 11.6. The van der Waals surface area contributed by atoms with Crippen molar-refractivity contribution < 1.29 is 4.79 Å². The lowest BCUT2D eigenvalue weighted by atomic mass is 10.2. The first-order valence-corrected chi connectivity index (χ1v) is 6.61. The number of imidazole rings is 1. The molecule has 1 heterocycles. The zero-order valence-corrected chi connectivity index (χ0v) is 11.4. The van der Waals surface area contributed by atoms with E-state index in [0.717, 1.165) is 29.6 Å². The number of carbonyl (C=O) groups is 1. The molecule has 3 N–H and O–H groups in total. The van der Waals surface area contributed by atoms with Gasteiger partial charge < -0.3 is 15.6 Å². The summed E-state index contributed by atoms with van der Waals surface area (Å²) in [6.45, 7) is 5.34. The second kappa shape index (κ2) is 5.73. The zero-order chi connectivity index (χ0) is 13.8. The minimum atomic E-state index is 0.0516. The first-order valence-electron chi connectivity index (χ1n) is 6.61. The molecular formula is C14H20N4O. The van der Waals surface area contributed by atoms with Crippen LogP contribution >= 0.6 is 0 Å². The number of nitrogens with one attached hydrogen (secondary N) is 1. The molecule has 0 saturated carbocycles. The van der Waals surface area contributed by atoms with Crippen LogP contribution in [0, 0.1) is 6.92 Å². The van der Waals surface area contributed by atoms with Crippen LogP contribution in [0.25, 0.3) is 11.0 Å². The normalized spacial score (nSPS) is 10.8. The molecule has 5 heteroatoms. The van der Waals surface area contributed by atoms with Crippen LogP contribution in [0.4, 0.5) is 5.95 Å². The average molecular weight is 260 g/mol. The zero-order valence-electron chi connectivity index (χ0n) is 11.4. The molecule has 1 amide bonds. The summed E-state index contributed by atoms with van der Waals surface area (Å²) < 4.78 is 1.90. The molecule has 0 bridgehead atoms. The summed E-state index contributed by atoms with van der Waals surface area (Å²) in [4.78, 5) is 15.9. The minimum Gasteiger partial charge on any atom is -0.369 e. The first kappa shape index (κ1) is 13.4. The average Bonchev–Trinajstić information content (AvgIpc) is 2.69. The smallest absolute Gasteiger partial charge is 0.221 e. The second-order valence-electron chi connectivity index (χ2n) is 4.71. The number of nitrogen functional groups attached to an aromatic ring is 1. The highest BCUT2D eigenvalue weighted by Gasteiger charge is 2.09. The number of aromatic nitrogens is 2. The molecule has 0 unspecified atom stereocenters. The van der Waals surface area contributed by atoms with E-state index in [1.165, 1.54) is 0 Å². The molecule has 0 aliphatic rings. The van der Waals surface area contributed by atoms with Crippen LogP contribution in [-0.4, -0.2) is 22.0 Å². The number of fused-ring (bicyclic) bond motifs is 1. The summed E-state index contributed by atoms with van der Waals surface area (Å²) in [5.41, 5.74) is 8.93. The topological polar surface area (TPSA) is 72.9 Å². The van der Waals surface area contributed by atoms with Crippen LogP contribution in [0.1, 0.15) is 25.3 Å². The van der Waals surface area contributed by atoms with E-state index in [-0.39, 0.29) is 5.91 Å². The molecule has 0 saturated heterocycles. The van der Waals surface area contributed by atoms with Gasteiger partial charge in [0.1, 0.15) is 0 Å². The number of nitrogens with two attached hydrogens (primary N) is 1. The van der Waals surface area contributed by atoms with E-state index in [2.05, 4.69) is 10.3 Å². The summed E-state index contributed by atoms with van der Waals surface area (Å²) in [5.74, 6) is 0.514. The summed E-state index contributed by atoms with van der Waals surface area (Å²) in [7, 11) is 0. The Balaban J connectivity index is 2.13. The highest BCUT2D eigenvalue weighted by atomic mass is 16.1. The van der Waals surface area contributed by atoms with Gasteiger partial charge in [0.15, 0.2) is 0 Å². The molecule has 0 spiro atoms. The largest absolute Gasteiger partial charge is 0.369 e. The summed E-state index contributed by atoms with van der Waals surface area (Å²) >= 11 is 0. The molecule has 1 aromatic carbocycles. The van der Waals surface area contributed by atoms with Gasteiger partial charge in [-0.05, 0) is 31.0 Å². The molecule has 0 atom stereocenters. The van der Waals surface area contributed by atoms with Gasteiger partial charge in [-0.3, -0.25) is 4.79 Å². The summed E-state index contributed by atoms with van der Waals surface area (Å²) in [6.07, 6.45) is 1.37. The molecule has 0 aliphatic carbocycles. The van der Waals surface area contributed by atoms with Crippen molar-refractivity contribution >= 4 is 22.9 Å². The van der Waals surface area contributed by atoms with Crippen molar-refractivity contribution in [3.05, 3.63) is 23.8 Å². The molecule has 19 heavy (non-hydrogen) atoms. The molecule has 0 aliphatic heterocycles. The van der Waals surface area contributed by atoms with E-state index in [0.29, 0.717) is 18.9 Å². The maximum absolute atomic E-state index is 11.6. The molecule has 2 aromatic rings.